The number of aliphatic hydroxyl groups excluding tert-OH is 2. The molecule has 2 atom stereocenters. The molecule has 182 valence electrons. The highest BCUT2D eigenvalue weighted by Gasteiger charge is 2.13. The van der Waals surface area contributed by atoms with Crippen LogP contribution in [0.1, 0.15) is 0 Å². The molecule has 0 aliphatic carbocycles. The predicted molar refractivity (Wildman–Crippen MR) is 136 cm³/mol. The number of fused-ring (bicyclic) bond motifs is 1. The molecular formula is C28H27ClO6. The van der Waals surface area contributed by atoms with Crippen LogP contribution in [-0.2, 0) is 0 Å². The van der Waals surface area contributed by atoms with E-state index in [1.165, 1.54) is 0 Å². The minimum Gasteiger partial charge on any atom is -0.491 e. The Morgan fingerprint density at radius 3 is 1.66 bits per heavy atom. The number of para-hydroxylation sites is 2. The lowest BCUT2D eigenvalue weighted by atomic mass is 10.1. The molecule has 4 rings (SSSR count). The Morgan fingerprint density at radius 2 is 1.09 bits per heavy atom. The fourth-order valence-electron chi connectivity index (χ4n) is 3.38. The van der Waals surface area contributed by atoms with Crippen molar-refractivity contribution < 1.29 is 29.2 Å². The van der Waals surface area contributed by atoms with E-state index in [9.17, 15) is 10.2 Å². The molecule has 4 aromatic rings. The van der Waals surface area contributed by atoms with Crippen molar-refractivity contribution in [2.24, 2.45) is 0 Å². The lowest BCUT2D eigenvalue weighted by molar-refractivity contribution is 0.0626. The van der Waals surface area contributed by atoms with E-state index in [2.05, 4.69) is 0 Å². The van der Waals surface area contributed by atoms with Gasteiger partial charge in [0.05, 0.1) is 5.02 Å². The number of aliphatic hydroxyl groups is 2. The van der Waals surface area contributed by atoms with E-state index in [4.69, 9.17) is 30.5 Å². The van der Waals surface area contributed by atoms with Gasteiger partial charge in [-0.25, -0.2) is 0 Å². The molecule has 0 heterocycles. The number of benzene rings is 4. The monoisotopic (exact) mass is 494 g/mol. The third-order valence-electron chi connectivity index (χ3n) is 5.13. The molecule has 0 aromatic heterocycles. The van der Waals surface area contributed by atoms with Crippen molar-refractivity contribution in [3.63, 3.8) is 0 Å². The summed E-state index contributed by atoms with van der Waals surface area (Å²) in [6.07, 6.45) is -1.61. The van der Waals surface area contributed by atoms with E-state index >= 15 is 0 Å². The number of ether oxygens (including phenoxy) is 4. The minimum absolute atomic E-state index is 0.0253. The lowest BCUT2D eigenvalue weighted by Crippen LogP contribution is -2.25. The molecule has 0 aliphatic rings. The number of rotatable bonds is 12. The van der Waals surface area contributed by atoms with Crippen molar-refractivity contribution in [3.05, 3.63) is 96.0 Å². The van der Waals surface area contributed by atoms with Crippen molar-refractivity contribution in [2.45, 2.75) is 12.2 Å². The van der Waals surface area contributed by atoms with Gasteiger partial charge in [0.15, 0.2) is 0 Å². The molecule has 0 spiro atoms. The van der Waals surface area contributed by atoms with Crippen LogP contribution in [0, 0.1) is 0 Å². The van der Waals surface area contributed by atoms with E-state index in [-0.39, 0.29) is 26.4 Å². The molecule has 0 saturated heterocycles. The Morgan fingerprint density at radius 1 is 0.571 bits per heavy atom. The van der Waals surface area contributed by atoms with Crippen LogP contribution < -0.4 is 18.9 Å². The summed E-state index contributed by atoms with van der Waals surface area (Å²) in [6, 6.07) is 27.6. The second-order valence-corrected chi connectivity index (χ2v) is 8.34. The SMILES string of the molecule is OC(COc1ccccc1)COc1ccc2c(OCC(O)COc3ccccc3)c(Cl)ccc2c1. The molecular weight excluding hydrogens is 468 g/mol. The van der Waals surface area contributed by atoms with E-state index in [1.807, 2.05) is 78.9 Å². The summed E-state index contributed by atoms with van der Waals surface area (Å²) in [6.45, 7) is 0.336. The van der Waals surface area contributed by atoms with Gasteiger partial charge in [-0.15, -0.1) is 0 Å². The molecule has 0 radical (unpaired) electrons. The fraction of sp³-hybridized carbons (Fsp3) is 0.214. The van der Waals surface area contributed by atoms with E-state index in [0.717, 1.165) is 10.8 Å². The van der Waals surface area contributed by atoms with Crippen molar-refractivity contribution in [1.82, 2.24) is 0 Å². The molecule has 4 aromatic carbocycles. The highest BCUT2D eigenvalue weighted by molar-refractivity contribution is 6.33. The summed E-state index contributed by atoms with van der Waals surface area (Å²) in [7, 11) is 0. The second kappa shape index (κ2) is 12.3. The van der Waals surface area contributed by atoms with Crippen molar-refractivity contribution in [3.8, 4) is 23.0 Å². The highest BCUT2D eigenvalue weighted by atomic mass is 35.5. The van der Waals surface area contributed by atoms with E-state index < -0.39 is 12.2 Å². The van der Waals surface area contributed by atoms with Crippen molar-refractivity contribution >= 4 is 22.4 Å². The topological polar surface area (TPSA) is 77.4 Å². The van der Waals surface area contributed by atoms with Gasteiger partial charge in [-0.1, -0.05) is 54.1 Å². The average molecular weight is 495 g/mol. The maximum absolute atomic E-state index is 10.3. The first kappa shape index (κ1) is 24.7. The van der Waals surface area contributed by atoms with Crippen molar-refractivity contribution in [2.75, 3.05) is 26.4 Å². The van der Waals surface area contributed by atoms with Crippen LogP contribution in [0.5, 0.6) is 23.0 Å². The second-order valence-electron chi connectivity index (χ2n) is 7.94. The van der Waals surface area contributed by atoms with Crippen LogP contribution in [-0.4, -0.2) is 48.8 Å². The van der Waals surface area contributed by atoms with Crippen LogP contribution in [0.25, 0.3) is 10.8 Å². The summed E-state index contributed by atoms with van der Waals surface area (Å²) in [4.78, 5) is 0. The van der Waals surface area contributed by atoms with Gasteiger partial charge in [0.25, 0.3) is 0 Å². The molecule has 0 fully saturated rings. The molecule has 0 saturated carbocycles. The first-order valence-electron chi connectivity index (χ1n) is 11.3. The zero-order valence-electron chi connectivity index (χ0n) is 19.0. The maximum Gasteiger partial charge on any atom is 0.145 e. The summed E-state index contributed by atoms with van der Waals surface area (Å²) in [5.41, 5.74) is 0. The molecule has 0 amide bonds. The van der Waals surface area contributed by atoms with Crippen molar-refractivity contribution in [1.29, 1.82) is 0 Å². The number of hydrogen-bond acceptors (Lipinski definition) is 6. The van der Waals surface area contributed by atoms with Crippen LogP contribution in [0.3, 0.4) is 0 Å². The molecule has 2 unspecified atom stereocenters. The summed E-state index contributed by atoms with van der Waals surface area (Å²) < 4.78 is 22.7. The maximum atomic E-state index is 10.3. The first-order chi connectivity index (χ1) is 17.1. The molecule has 7 heteroatoms. The van der Waals surface area contributed by atoms with Crippen LogP contribution in [0.4, 0.5) is 0 Å². The molecule has 0 bridgehead atoms. The highest BCUT2D eigenvalue weighted by Crippen LogP contribution is 2.35. The van der Waals surface area contributed by atoms with Gasteiger partial charge in [0.2, 0.25) is 0 Å². The van der Waals surface area contributed by atoms with Gasteiger partial charge in [-0.05, 0) is 53.9 Å². The van der Waals surface area contributed by atoms with Crippen LogP contribution >= 0.6 is 11.6 Å². The fourth-order valence-corrected chi connectivity index (χ4v) is 3.60. The quantitative estimate of drug-likeness (QED) is 0.284. The Bertz CT molecular complexity index is 1200. The van der Waals surface area contributed by atoms with Gasteiger partial charge in [0.1, 0.15) is 61.6 Å². The van der Waals surface area contributed by atoms with E-state index in [0.29, 0.717) is 28.0 Å². The van der Waals surface area contributed by atoms with Gasteiger partial charge in [-0.2, -0.15) is 0 Å². The van der Waals surface area contributed by atoms with E-state index in [1.54, 1.807) is 12.1 Å². The normalized spacial score (nSPS) is 12.7. The zero-order chi connectivity index (χ0) is 24.5. The molecule has 35 heavy (non-hydrogen) atoms. The van der Waals surface area contributed by atoms with Crippen LogP contribution in [0.2, 0.25) is 5.02 Å². The van der Waals surface area contributed by atoms with Gasteiger partial charge in [0, 0.05) is 5.39 Å². The average Bonchev–Trinajstić information content (AvgIpc) is 2.90. The predicted octanol–water partition coefficient (Wildman–Crippen LogP) is 5.13. The van der Waals surface area contributed by atoms with Gasteiger partial charge in [-0.3, -0.25) is 0 Å². The number of halogens is 1. The summed E-state index contributed by atoms with van der Waals surface area (Å²) >= 11 is 6.37. The zero-order valence-corrected chi connectivity index (χ0v) is 19.8. The first-order valence-corrected chi connectivity index (χ1v) is 11.7. The smallest absolute Gasteiger partial charge is 0.145 e. The van der Waals surface area contributed by atoms with Crippen LogP contribution in [0.15, 0.2) is 91.0 Å². The standard InChI is InChI=1S/C28H27ClO6/c29-27-14-11-20-15-25(34-18-21(30)16-32-23-7-3-1-4-8-23)12-13-26(20)28(27)35-19-22(31)17-33-24-9-5-2-6-10-24/h1-15,21-22,30-31H,16-19H2. The Kier molecular flexibility index (Phi) is 8.68. The summed E-state index contributed by atoms with van der Waals surface area (Å²) in [5.74, 6) is 2.45. The van der Waals surface area contributed by atoms with Gasteiger partial charge < -0.3 is 29.2 Å². The lowest BCUT2D eigenvalue weighted by Gasteiger charge is -2.17. The summed E-state index contributed by atoms with van der Waals surface area (Å²) in [5, 5.41) is 22.5. The Hall–Kier alpha value is -3.45. The molecule has 0 aliphatic heterocycles. The third-order valence-corrected chi connectivity index (χ3v) is 5.43. The Balaban J connectivity index is 1.31. The number of hydrogen-bond donors (Lipinski definition) is 2. The third kappa shape index (κ3) is 7.26. The van der Waals surface area contributed by atoms with Gasteiger partial charge >= 0.3 is 0 Å². The largest absolute Gasteiger partial charge is 0.491 e. The minimum atomic E-state index is -0.830. The Labute approximate surface area is 209 Å². The molecule has 2 N–H and O–H groups in total. The molecule has 6 nitrogen and oxygen atoms in total.